The molecule has 0 atom stereocenters. The van der Waals surface area contributed by atoms with Crippen molar-refractivity contribution in [1.82, 2.24) is 9.91 Å². The Balaban J connectivity index is 2.37. The molecule has 15 heavy (non-hydrogen) atoms. The van der Waals surface area contributed by atoms with Crippen molar-refractivity contribution in [2.24, 2.45) is 10.3 Å². The SMILES string of the molecule is CN(C)CCN(C)N=Nc1ccccc1. The van der Waals surface area contributed by atoms with Crippen LogP contribution in [0.4, 0.5) is 5.69 Å². The average molecular weight is 206 g/mol. The van der Waals surface area contributed by atoms with E-state index >= 15 is 0 Å². The van der Waals surface area contributed by atoms with E-state index in [1.807, 2.05) is 56.5 Å². The van der Waals surface area contributed by atoms with E-state index in [0.29, 0.717) is 0 Å². The van der Waals surface area contributed by atoms with E-state index in [1.54, 1.807) is 0 Å². The molecule has 0 amide bonds. The molecule has 0 aliphatic carbocycles. The van der Waals surface area contributed by atoms with Crippen LogP contribution in [0.2, 0.25) is 0 Å². The Labute approximate surface area is 91.2 Å². The Kier molecular flexibility index (Phi) is 4.77. The van der Waals surface area contributed by atoms with E-state index < -0.39 is 0 Å². The highest BCUT2D eigenvalue weighted by atomic mass is 15.5. The summed E-state index contributed by atoms with van der Waals surface area (Å²) >= 11 is 0. The first kappa shape index (κ1) is 11.7. The van der Waals surface area contributed by atoms with Crippen molar-refractivity contribution in [3.8, 4) is 0 Å². The van der Waals surface area contributed by atoms with Gasteiger partial charge in [-0.1, -0.05) is 23.4 Å². The van der Waals surface area contributed by atoms with Crippen molar-refractivity contribution < 1.29 is 0 Å². The highest BCUT2D eigenvalue weighted by Gasteiger charge is 1.94. The molecule has 0 radical (unpaired) electrons. The van der Waals surface area contributed by atoms with Gasteiger partial charge in [-0.2, -0.15) is 0 Å². The highest BCUT2D eigenvalue weighted by molar-refractivity contribution is 5.34. The molecule has 0 saturated heterocycles. The summed E-state index contributed by atoms with van der Waals surface area (Å²) in [5.41, 5.74) is 0.884. The maximum absolute atomic E-state index is 4.12. The number of likely N-dealkylation sites (N-methyl/N-ethyl adjacent to an activating group) is 2. The van der Waals surface area contributed by atoms with Gasteiger partial charge in [0.15, 0.2) is 0 Å². The van der Waals surface area contributed by atoms with Crippen LogP contribution in [-0.4, -0.2) is 44.1 Å². The zero-order chi connectivity index (χ0) is 11.1. The van der Waals surface area contributed by atoms with Crippen LogP contribution in [0.5, 0.6) is 0 Å². The first-order valence-electron chi connectivity index (χ1n) is 5.01. The van der Waals surface area contributed by atoms with Gasteiger partial charge in [0.05, 0.1) is 12.2 Å². The van der Waals surface area contributed by atoms with Gasteiger partial charge in [0.2, 0.25) is 0 Å². The average Bonchev–Trinajstić information content (AvgIpc) is 2.25. The topological polar surface area (TPSA) is 31.2 Å². The van der Waals surface area contributed by atoms with E-state index in [2.05, 4.69) is 15.2 Å². The van der Waals surface area contributed by atoms with Crippen LogP contribution in [0.1, 0.15) is 0 Å². The van der Waals surface area contributed by atoms with Crippen LogP contribution in [0, 0.1) is 0 Å². The molecule has 0 N–H and O–H groups in total. The van der Waals surface area contributed by atoms with Crippen LogP contribution in [0.15, 0.2) is 40.7 Å². The Morgan fingerprint density at radius 3 is 2.27 bits per heavy atom. The molecule has 4 nitrogen and oxygen atoms in total. The van der Waals surface area contributed by atoms with Gasteiger partial charge in [-0.3, -0.25) is 5.01 Å². The number of nitrogens with zero attached hydrogens (tertiary/aromatic N) is 4. The maximum atomic E-state index is 4.12. The predicted molar refractivity (Wildman–Crippen MR) is 62.1 cm³/mol. The Morgan fingerprint density at radius 2 is 1.67 bits per heavy atom. The summed E-state index contributed by atoms with van der Waals surface area (Å²) in [7, 11) is 6.01. The Hall–Kier alpha value is -1.42. The molecule has 0 bridgehead atoms. The predicted octanol–water partition coefficient (Wildman–Crippen LogP) is 2.18. The fraction of sp³-hybridized carbons (Fsp3) is 0.455. The van der Waals surface area contributed by atoms with Gasteiger partial charge in [-0.25, -0.2) is 0 Å². The van der Waals surface area contributed by atoms with Crippen molar-refractivity contribution >= 4 is 5.69 Å². The molecule has 0 spiro atoms. The largest absolute Gasteiger partial charge is 0.308 e. The molecule has 1 aromatic rings. The van der Waals surface area contributed by atoms with Crippen LogP contribution >= 0.6 is 0 Å². The monoisotopic (exact) mass is 206 g/mol. The minimum absolute atomic E-state index is 0.878. The van der Waals surface area contributed by atoms with Crippen LogP contribution in [0.3, 0.4) is 0 Å². The second kappa shape index (κ2) is 6.14. The van der Waals surface area contributed by atoms with E-state index in [-0.39, 0.29) is 0 Å². The zero-order valence-electron chi connectivity index (χ0n) is 9.59. The number of hydrogen-bond donors (Lipinski definition) is 0. The molecule has 0 fully saturated rings. The molecule has 1 rings (SSSR count). The van der Waals surface area contributed by atoms with E-state index in [9.17, 15) is 0 Å². The van der Waals surface area contributed by atoms with E-state index in [1.165, 1.54) is 0 Å². The molecule has 0 saturated carbocycles. The molecule has 82 valence electrons. The molecule has 0 heterocycles. The standard InChI is InChI=1S/C11H18N4/c1-14(2)9-10-15(3)13-12-11-7-5-4-6-8-11/h4-8H,9-10H2,1-3H3. The second-order valence-electron chi connectivity index (χ2n) is 3.71. The summed E-state index contributed by atoms with van der Waals surface area (Å²) in [5.74, 6) is 0. The van der Waals surface area contributed by atoms with E-state index in [0.717, 1.165) is 18.8 Å². The summed E-state index contributed by atoms with van der Waals surface area (Å²) in [6.45, 7) is 1.85. The van der Waals surface area contributed by atoms with Crippen molar-refractivity contribution in [2.45, 2.75) is 0 Å². The summed E-state index contributed by atoms with van der Waals surface area (Å²) in [5, 5.41) is 10.1. The van der Waals surface area contributed by atoms with Gasteiger partial charge in [0.1, 0.15) is 0 Å². The number of rotatable bonds is 5. The second-order valence-corrected chi connectivity index (χ2v) is 3.71. The smallest absolute Gasteiger partial charge is 0.0874 e. The van der Waals surface area contributed by atoms with Gasteiger partial charge < -0.3 is 4.90 Å². The Bertz CT molecular complexity index is 295. The Morgan fingerprint density at radius 1 is 1.00 bits per heavy atom. The highest BCUT2D eigenvalue weighted by Crippen LogP contribution is 2.10. The molecule has 0 unspecified atom stereocenters. The maximum Gasteiger partial charge on any atom is 0.0874 e. The third-order valence-electron chi connectivity index (χ3n) is 1.94. The van der Waals surface area contributed by atoms with Gasteiger partial charge >= 0.3 is 0 Å². The summed E-state index contributed by atoms with van der Waals surface area (Å²) in [6.07, 6.45) is 0. The van der Waals surface area contributed by atoms with Gasteiger partial charge in [-0.15, -0.1) is 5.11 Å². The minimum atomic E-state index is 0.878. The quantitative estimate of drug-likeness (QED) is 0.546. The summed E-state index contributed by atoms with van der Waals surface area (Å²) in [6, 6.07) is 9.74. The number of benzene rings is 1. The van der Waals surface area contributed by atoms with Gasteiger partial charge in [0.25, 0.3) is 0 Å². The van der Waals surface area contributed by atoms with Crippen LogP contribution in [0.25, 0.3) is 0 Å². The van der Waals surface area contributed by atoms with Gasteiger partial charge in [-0.05, 0) is 26.2 Å². The molecular formula is C11H18N4. The van der Waals surface area contributed by atoms with Crippen LogP contribution in [-0.2, 0) is 0 Å². The molecule has 0 aliphatic heterocycles. The summed E-state index contributed by atoms with van der Waals surface area (Å²) in [4.78, 5) is 2.12. The normalized spacial score (nSPS) is 11.2. The lowest BCUT2D eigenvalue weighted by atomic mass is 10.3. The lowest BCUT2D eigenvalue weighted by molar-refractivity contribution is 0.279. The fourth-order valence-electron chi connectivity index (χ4n) is 1.01. The third kappa shape index (κ3) is 5.12. The molecule has 4 heteroatoms. The molecule has 0 aromatic heterocycles. The summed E-state index contributed by atoms with van der Waals surface area (Å²) < 4.78 is 0. The third-order valence-corrected chi connectivity index (χ3v) is 1.94. The molecule has 0 aliphatic rings. The minimum Gasteiger partial charge on any atom is -0.308 e. The van der Waals surface area contributed by atoms with Crippen molar-refractivity contribution in [3.63, 3.8) is 0 Å². The lowest BCUT2D eigenvalue weighted by Crippen LogP contribution is -2.24. The fourth-order valence-corrected chi connectivity index (χ4v) is 1.01. The van der Waals surface area contributed by atoms with Crippen molar-refractivity contribution in [1.29, 1.82) is 0 Å². The zero-order valence-corrected chi connectivity index (χ0v) is 9.59. The van der Waals surface area contributed by atoms with Crippen molar-refractivity contribution in [2.75, 3.05) is 34.2 Å². The first-order chi connectivity index (χ1) is 7.18. The molecular weight excluding hydrogens is 188 g/mol. The van der Waals surface area contributed by atoms with E-state index in [4.69, 9.17) is 0 Å². The first-order valence-corrected chi connectivity index (χ1v) is 5.01. The lowest BCUT2D eigenvalue weighted by Gasteiger charge is -2.14. The van der Waals surface area contributed by atoms with Gasteiger partial charge in [0, 0.05) is 13.6 Å². The van der Waals surface area contributed by atoms with Crippen molar-refractivity contribution in [3.05, 3.63) is 30.3 Å². The number of hydrogen-bond acceptors (Lipinski definition) is 3. The molecule has 1 aromatic carbocycles. The van der Waals surface area contributed by atoms with Crippen LogP contribution < -0.4 is 0 Å².